The van der Waals surface area contributed by atoms with E-state index in [-0.39, 0.29) is 11.8 Å². The number of hydrogen-bond acceptors (Lipinski definition) is 3. The number of carbonyl (C=O) groups excluding carboxylic acids is 1. The third kappa shape index (κ3) is 6.21. The molecule has 116 valence electrons. The fourth-order valence-electron chi connectivity index (χ4n) is 1.89. The fourth-order valence-corrected chi connectivity index (χ4v) is 3.06. The maximum atomic E-state index is 11.9. The lowest BCUT2D eigenvalue weighted by atomic mass is 10.1. The van der Waals surface area contributed by atoms with Crippen molar-refractivity contribution in [2.45, 2.75) is 50.2 Å². The number of nitrogens with one attached hydrogen (secondary N) is 1. The monoisotopic (exact) mass is 309 g/mol. The van der Waals surface area contributed by atoms with Gasteiger partial charge in [0.25, 0.3) is 0 Å². The number of rotatable bonds is 8. The minimum atomic E-state index is -0.815. The lowest BCUT2D eigenvalue weighted by Crippen LogP contribution is -2.17. The molecule has 0 spiro atoms. The molecular weight excluding hydrogens is 286 g/mol. The summed E-state index contributed by atoms with van der Waals surface area (Å²) in [5.74, 6) is -0.567. The highest BCUT2D eigenvalue weighted by Gasteiger charge is 2.19. The Kier molecular flexibility index (Phi) is 7.29. The lowest BCUT2D eigenvalue weighted by molar-refractivity contribution is -0.136. The summed E-state index contributed by atoms with van der Waals surface area (Å²) in [5.41, 5.74) is 0.690. The molecule has 1 unspecified atom stereocenters. The van der Waals surface area contributed by atoms with E-state index in [1.165, 1.54) is 11.8 Å². The number of para-hydroxylation sites is 1. The first-order valence-corrected chi connectivity index (χ1v) is 8.10. The standard InChI is InChI=1S/C16H23NO3S/c1-4-7-14(16(19)20)21-13-9-6-5-8-12(13)17-15(18)10-11(2)3/h5-6,8-9,11,14H,4,7,10H2,1-3H3,(H,17,18)(H,19,20). The lowest BCUT2D eigenvalue weighted by Gasteiger charge is -2.15. The van der Waals surface area contributed by atoms with Crippen molar-refractivity contribution in [3.63, 3.8) is 0 Å². The zero-order chi connectivity index (χ0) is 15.8. The van der Waals surface area contributed by atoms with Crippen LogP contribution in [-0.4, -0.2) is 22.2 Å². The van der Waals surface area contributed by atoms with Gasteiger partial charge in [-0.05, 0) is 24.5 Å². The van der Waals surface area contributed by atoms with Gasteiger partial charge in [0.05, 0.1) is 5.69 Å². The van der Waals surface area contributed by atoms with Crippen molar-refractivity contribution in [1.82, 2.24) is 0 Å². The number of anilines is 1. The highest BCUT2D eigenvalue weighted by Crippen LogP contribution is 2.32. The van der Waals surface area contributed by atoms with Crippen LogP contribution < -0.4 is 5.32 Å². The van der Waals surface area contributed by atoms with Crippen LogP contribution in [-0.2, 0) is 9.59 Å². The van der Waals surface area contributed by atoms with Crippen LogP contribution in [0.1, 0.15) is 40.0 Å². The van der Waals surface area contributed by atoms with Crippen LogP contribution in [0.3, 0.4) is 0 Å². The Morgan fingerprint density at radius 1 is 1.29 bits per heavy atom. The van der Waals surface area contributed by atoms with E-state index in [0.29, 0.717) is 18.5 Å². The molecule has 1 atom stereocenters. The number of carboxylic acids is 1. The summed E-state index contributed by atoms with van der Waals surface area (Å²) in [6.07, 6.45) is 1.87. The molecule has 0 heterocycles. The second-order valence-electron chi connectivity index (χ2n) is 5.38. The van der Waals surface area contributed by atoms with Gasteiger partial charge in [-0.1, -0.05) is 39.3 Å². The van der Waals surface area contributed by atoms with Crippen molar-refractivity contribution in [1.29, 1.82) is 0 Å². The molecule has 4 nitrogen and oxygen atoms in total. The summed E-state index contributed by atoms with van der Waals surface area (Å²) in [6.45, 7) is 5.94. The Hall–Kier alpha value is -1.49. The molecule has 0 saturated heterocycles. The highest BCUT2D eigenvalue weighted by molar-refractivity contribution is 8.00. The smallest absolute Gasteiger partial charge is 0.316 e. The van der Waals surface area contributed by atoms with Gasteiger partial charge in [-0.15, -0.1) is 11.8 Å². The Morgan fingerprint density at radius 3 is 2.52 bits per heavy atom. The Balaban J connectivity index is 2.83. The van der Waals surface area contributed by atoms with Crippen LogP contribution in [0.4, 0.5) is 5.69 Å². The molecule has 21 heavy (non-hydrogen) atoms. The van der Waals surface area contributed by atoms with Crippen molar-refractivity contribution in [3.05, 3.63) is 24.3 Å². The molecule has 0 saturated carbocycles. The van der Waals surface area contributed by atoms with Gasteiger partial charge in [-0.3, -0.25) is 9.59 Å². The second-order valence-corrected chi connectivity index (χ2v) is 6.62. The van der Waals surface area contributed by atoms with Gasteiger partial charge in [-0.25, -0.2) is 0 Å². The Morgan fingerprint density at radius 2 is 1.95 bits per heavy atom. The fraction of sp³-hybridized carbons (Fsp3) is 0.500. The number of carbonyl (C=O) groups is 2. The van der Waals surface area contributed by atoms with Crippen LogP contribution in [0, 0.1) is 5.92 Å². The third-order valence-corrected chi connectivity index (χ3v) is 4.18. The van der Waals surface area contributed by atoms with Gasteiger partial charge in [0.2, 0.25) is 5.91 Å². The molecule has 1 amide bonds. The van der Waals surface area contributed by atoms with E-state index in [2.05, 4.69) is 5.32 Å². The van der Waals surface area contributed by atoms with Crippen molar-refractivity contribution >= 4 is 29.3 Å². The molecule has 0 radical (unpaired) electrons. The third-order valence-electron chi connectivity index (χ3n) is 2.85. The molecule has 0 aliphatic heterocycles. The average Bonchev–Trinajstić information content (AvgIpc) is 2.39. The number of benzene rings is 1. The van der Waals surface area contributed by atoms with E-state index in [1.54, 1.807) is 0 Å². The highest BCUT2D eigenvalue weighted by atomic mass is 32.2. The van der Waals surface area contributed by atoms with Crippen LogP contribution in [0.5, 0.6) is 0 Å². The van der Waals surface area contributed by atoms with E-state index >= 15 is 0 Å². The average molecular weight is 309 g/mol. The largest absolute Gasteiger partial charge is 0.480 e. The van der Waals surface area contributed by atoms with Crippen LogP contribution >= 0.6 is 11.8 Å². The SMILES string of the molecule is CCCC(Sc1ccccc1NC(=O)CC(C)C)C(=O)O. The van der Waals surface area contributed by atoms with Crippen LogP contribution in [0.2, 0.25) is 0 Å². The summed E-state index contributed by atoms with van der Waals surface area (Å²) >= 11 is 1.29. The second kappa shape index (κ2) is 8.72. The molecule has 2 N–H and O–H groups in total. The molecule has 1 aromatic rings. The van der Waals surface area contributed by atoms with Crippen molar-refractivity contribution < 1.29 is 14.7 Å². The molecule has 5 heteroatoms. The molecule has 1 rings (SSSR count). The van der Waals surface area contributed by atoms with Gasteiger partial charge in [0, 0.05) is 11.3 Å². The van der Waals surface area contributed by atoms with Crippen LogP contribution in [0.15, 0.2) is 29.2 Å². The molecule has 0 aromatic heterocycles. The normalized spacial score (nSPS) is 12.2. The van der Waals surface area contributed by atoms with Crippen molar-refractivity contribution in [2.24, 2.45) is 5.92 Å². The Bertz CT molecular complexity index is 488. The predicted octanol–water partition coefficient (Wildman–Crippen LogP) is 4.02. The summed E-state index contributed by atoms with van der Waals surface area (Å²) < 4.78 is 0. The molecule has 0 aliphatic carbocycles. The van der Waals surface area contributed by atoms with Gasteiger partial charge in [-0.2, -0.15) is 0 Å². The number of aliphatic carboxylic acids is 1. The first-order chi connectivity index (χ1) is 9.93. The molecule has 0 aliphatic rings. The van der Waals surface area contributed by atoms with E-state index in [4.69, 9.17) is 0 Å². The van der Waals surface area contributed by atoms with Gasteiger partial charge < -0.3 is 10.4 Å². The zero-order valence-electron chi connectivity index (χ0n) is 12.8. The van der Waals surface area contributed by atoms with Crippen molar-refractivity contribution in [3.8, 4) is 0 Å². The quantitative estimate of drug-likeness (QED) is 0.712. The number of carboxylic acid groups (broad SMARTS) is 1. The summed E-state index contributed by atoms with van der Waals surface area (Å²) in [4.78, 5) is 23.9. The minimum Gasteiger partial charge on any atom is -0.480 e. The number of hydrogen-bond donors (Lipinski definition) is 2. The predicted molar refractivity (Wildman–Crippen MR) is 86.7 cm³/mol. The first-order valence-electron chi connectivity index (χ1n) is 7.22. The van der Waals surface area contributed by atoms with E-state index in [1.807, 2.05) is 45.0 Å². The maximum absolute atomic E-state index is 11.9. The van der Waals surface area contributed by atoms with Gasteiger partial charge in [0.1, 0.15) is 5.25 Å². The summed E-state index contributed by atoms with van der Waals surface area (Å²) in [5, 5.41) is 11.6. The first kappa shape index (κ1) is 17.6. The molecular formula is C16H23NO3S. The summed E-state index contributed by atoms with van der Waals surface area (Å²) in [7, 11) is 0. The zero-order valence-corrected chi connectivity index (χ0v) is 13.6. The van der Waals surface area contributed by atoms with Gasteiger partial charge >= 0.3 is 5.97 Å². The topological polar surface area (TPSA) is 66.4 Å². The Labute approximate surface area is 130 Å². The van der Waals surface area contributed by atoms with Gasteiger partial charge in [0.15, 0.2) is 0 Å². The van der Waals surface area contributed by atoms with Crippen molar-refractivity contribution in [2.75, 3.05) is 5.32 Å². The maximum Gasteiger partial charge on any atom is 0.316 e. The van der Waals surface area contributed by atoms with E-state index in [9.17, 15) is 14.7 Å². The molecule has 0 bridgehead atoms. The van der Waals surface area contributed by atoms with Crippen LogP contribution in [0.25, 0.3) is 0 Å². The molecule has 0 fully saturated rings. The summed E-state index contributed by atoms with van der Waals surface area (Å²) in [6, 6.07) is 7.35. The molecule has 1 aromatic carbocycles. The number of amides is 1. The van der Waals surface area contributed by atoms with E-state index in [0.717, 1.165) is 11.3 Å². The number of thioether (sulfide) groups is 1. The van der Waals surface area contributed by atoms with E-state index < -0.39 is 11.2 Å². The minimum absolute atomic E-state index is 0.0413.